The molecule has 1 heterocycles. The number of aromatic nitrogens is 1. The summed E-state index contributed by atoms with van der Waals surface area (Å²) in [7, 11) is 0. The maximum absolute atomic E-state index is 12.8. The van der Waals surface area contributed by atoms with Crippen LogP contribution >= 0.6 is 0 Å². The molecule has 0 aliphatic carbocycles. The Hall–Kier alpha value is -1.90. The third-order valence-electron chi connectivity index (χ3n) is 2.67. The maximum Gasteiger partial charge on any atom is 0.126 e. The molecular weight excluding hydrogens is 215 g/mol. The van der Waals surface area contributed by atoms with Crippen molar-refractivity contribution >= 4 is 5.82 Å². The highest BCUT2D eigenvalue weighted by atomic mass is 19.1. The molecule has 1 unspecified atom stereocenters. The third kappa shape index (κ3) is 3.03. The van der Waals surface area contributed by atoms with E-state index >= 15 is 0 Å². The first-order valence-corrected chi connectivity index (χ1v) is 5.72. The molecule has 0 spiro atoms. The van der Waals surface area contributed by atoms with Crippen molar-refractivity contribution in [2.45, 2.75) is 19.4 Å². The van der Waals surface area contributed by atoms with Crippen LogP contribution in [0.3, 0.4) is 0 Å². The van der Waals surface area contributed by atoms with Crippen LogP contribution in [0.15, 0.2) is 48.7 Å². The van der Waals surface area contributed by atoms with Gasteiger partial charge in [0.25, 0.3) is 0 Å². The van der Waals surface area contributed by atoms with Crippen LogP contribution in [0.25, 0.3) is 0 Å². The van der Waals surface area contributed by atoms with Crippen molar-refractivity contribution in [3.05, 3.63) is 60.0 Å². The van der Waals surface area contributed by atoms with E-state index in [0.29, 0.717) is 0 Å². The van der Waals surface area contributed by atoms with Crippen LogP contribution in [0.2, 0.25) is 0 Å². The third-order valence-corrected chi connectivity index (χ3v) is 2.67. The van der Waals surface area contributed by atoms with E-state index in [-0.39, 0.29) is 11.9 Å². The van der Waals surface area contributed by atoms with Crippen molar-refractivity contribution in [1.82, 2.24) is 4.98 Å². The molecule has 1 aromatic heterocycles. The zero-order chi connectivity index (χ0) is 12.1. The number of nitrogens with zero attached hydrogens (tertiary/aromatic N) is 1. The second kappa shape index (κ2) is 5.43. The fourth-order valence-electron chi connectivity index (χ4n) is 1.74. The Morgan fingerprint density at radius 1 is 1.18 bits per heavy atom. The number of hydrogen-bond acceptors (Lipinski definition) is 2. The Balaban J connectivity index is 2.14. The summed E-state index contributed by atoms with van der Waals surface area (Å²) in [6, 6.07) is 12.5. The summed E-state index contributed by atoms with van der Waals surface area (Å²) in [6.45, 7) is 2.09. The van der Waals surface area contributed by atoms with Crippen LogP contribution in [0.4, 0.5) is 10.2 Å². The standard InChI is InChI=1S/C14H15FN2/c1-2-13(11-6-8-12(15)9-7-11)17-14-5-3-4-10-16-14/h3-10,13H,2H2,1H3,(H,16,17). The largest absolute Gasteiger partial charge is 0.363 e. The lowest BCUT2D eigenvalue weighted by atomic mass is 10.0. The van der Waals surface area contributed by atoms with Gasteiger partial charge in [0.05, 0.1) is 6.04 Å². The molecule has 0 aliphatic rings. The van der Waals surface area contributed by atoms with Crippen LogP contribution < -0.4 is 5.32 Å². The molecule has 1 N–H and O–H groups in total. The van der Waals surface area contributed by atoms with E-state index in [1.165, 1.54) is 12.1 Å². The summed E-state index contributed by atoms with van der Waals surface area (Å²) in [5.74, 6) is 0.630. The Morgan fingerprint density at radius 2 is 1.94 bits per heavy atom. The van der Waals surface area contributed by atoms with E-state index in [1.54, 1.807) is 18.3 Å². The normalized spacial score (nSPS) is 12.1. The van der Waals surface area contributed by atoms with E-state index < -0.39 is 0 Å². The molecule has 0 saturated heterocycles. The molecule has 1 aromatic carbocycles. The number of benzene rings is 1. The quantitative estimate of drug-likeness (QED) is 0.864. The molecular formula is C14H15FN2. The number of anilines is 1. The molecule has 0 radical (unpaired) electrons. The summed E-state index contributed by atoms with van der Waals surface area (Å²) in [6.07, 6.45) is 2.67. The molecule has 0 bridgehead atoms. The number of rotatable bonds is 4. The fraction of sp³-hybridized carbons (Fsp3) is 0.214. The van der Waals surface area contributed by atoms with Gasteiger partial charge >= 0.3 is 0 Å². The van der Waals surface area contributed by atoms with Crippen molar-refractivity contribution in [3.8, 4) is 0 Å². The predicted octanol–water partition coefficient (Wildman–Crippen LogP) is 3.78. The van der Waals surface area contributed by atoms with Crippen LogP contribution in [0, 0.1) is 5.82 Å². The second-order valence-electron chi connectivity index (χ2n) is 3.87. The van der Waals surface area contributed by atoms with Crippen molar-refractivity contribution in [2.24, 2.45) is 0 Å². The Labute approximate surface area is 101 Å². The lowest BCUT2D eigenvalue weighted by Gasteiger charge is -2.17. The Bertz CT molecular complexity index is 453. The molecule has 2 nitrogen and oxygen atoms in total. The van der Waals surface area contributed by atoms with Crippen LogP contribution in [-0.4, -0.2) is 4.98 Å². The Morgan fingerprint density at radius 3 is 2.53 bits per heavy atom. The maximum atomic E-state index is 12.8. The number of hydrogen-bond donors (Lipinski definition) is 1. The van der Waals surface area contributed by atoms with Gasteiger partial charge in [0, 0.05) is 6.20 Å². The van der Waals surface area contributed by atoms with E-state index in [9.17, 15) is 4.39 Å². The average Bonchev–Trinajstić information content (AvgIpc) is 2.38. The molecule has 17 heavy (non-hydrogen) atoms. The van der Waals surface area contributed by atoms with Gasteiger partial charge in [0.15, 0.2) is 0 Å². The van der Waals surface area contributed by atoms with Gasteiger partial charge in [-0.2, -0.15) is 0 Å². The molecule has 3 heteroatoms. The van der Waals surface area contributed by atoms with Gasteiger partial charge in [0.1, 0.15) is 11.6 Å². The molecule has 2 aromatic rings. The highest BCUT2D eigenvalue weighted by molar-refractivity contribution is 5.37. The number of halogens is 1. The molecule has 1 atom stereocenters. The summed E-state index contributed by atoms with van der Waals surface area (Å²) in [5.41, 5.74) is 1.07. The van der Waals surface area contributed by atoms with E-state index in [4.69, 9.17) is 0 Å². The van der Waals surface area contributed by atoms with Gasteiger partial charge in [-0.15, -0.1) is 0 Å². The minimum Gasteiger partial charge on any atom is -0.363 e. The van der Waals surface area contributed by atoms with Gasteiger partial charge < -0.3 is 5.32 Å². The molecule has 2 rings (SSSR count). The first kappa shape index (κ1) is 11.6. The smallest absolute Gasteiger partial charge is 0.126 e. The first-order chi connectivity index (χ1) is 8.29. The molecule has 0 amide bonds. The first-order valence-electron chi connectivity index (χ1n) is 5.72. The zero-order valence-electron chi connectivity index (χ0n) is 9.73. The second-order valence-corrected chi connectivity index (χ2v) is 3.87. The summed E-state index contributed by atoms with van der Waals surface area (Å²) < 4.78 is 12.8. The van der Waals surface area contributed by atoms with Gasteiger partial charge in [-0.05, 0) is 36.2 Å². The monoisotopic (exact) mass is 230 g/mol. The van der Waals surface area contributed by atoms with E-state index in [1.807, 2.05) is 18.2 Å². The van der Waals surface area contributed by atoms with Crippen molar-refractivity contribution < 1.29 is 4.39 Å². The average molecular weight is 230 g/mol. The van der Waals surface area contributed by atoms with Gasteiger partial charge in [-0.25, -0.2) is 9.37 Å². The fourth-order valence-corrected chi connectivity index (χ4v) is 1.74. The minimum absolute atomic E-state index is 0.158. The topological polar surface area (TPSA) is 24.9 Å². The summed E-state index contributed by atoms with van der Waals surface area (Å²) in [5, 5.41) is 3.33. The number of pyridine rings is 1. The molecule has 0 fully saturated rings. The highest BCUT2D eigenvalue weighted by Gasteiger charge is 2.09. The SMILES string of the molecule is CCC(Nc1ccccn1)c1ccc(F)cc1. The van der Waals surface area contributed by atoms with Gasteiger partial charge in [-0.1, -0.05) is 25.1 Å². The van der Waals surface area contributed by atoms with Crippen molar-refractivity contribution in [1.29, 1.82) is 0 Å². The lowest BCUT2D eigenvalue weighted by molar-refractivity contribution is 0.625. The Kier molecular flexibility index (Phi) is 3.70. The molecule has 0 aliphatic heterocycles. The van der Waals surface area contributed by atoms with E-state index in [0.717, 1.165) is 17.8 Å². The number of nitrogens with one attached hydrogen (secondary N) is 1. The van der Waals surface area contributed by atoms with Crippen molar-refractivity contribution in [3.63, 3.8) is 0 Å². The summed E-state index contributed by atoms with van der Waals surface area (Å²) >= 11 is 0. The van der Waals surface area contributed by atoms with Crippen LogP contribution in [0.5, 0.6) is 0 Å². The van der Waals surface area contributed by atoms with Gasteiger partial charge in [-0.3, -0.25) is 0 Å². The summed E-state index contributed by atoms with van der Waals surface area (Å²) in [4.78, 5) is 4.22. The molecule has 88 valence electrons. The van der Waals surface area contributed by atoms with Crippen LogP contribution in [-0.2, 0) is 0 Å². The zero-order valence-corrected chi connectivity index (χ0v) is 9.73. The highest BCUT2D eigenvalue weighted by Crippen LogP contribution is 2.21. The van der Waals surface area contributed by atoms with E-state index in [2.05, 4.69) is 17.2 Å². The molecule has 0 saturated carbocycles. The lowest BCUT2D eigenvalue weighted by Crippen LogP contribution is -2.10. The van der Waals surface area contributed by atoms with Gasteiger partial charge in [0.2, 0.25) is 0 Å². The van der Waals surface area contributed by atoms with Crippen LogP contribution in [0.1, 0.15) is 24.9 Å². The minimum atomic E-state index is -0.207. The predicted molar refractivity (Wildman–Crippen MR) is 67.3 cm³/mol. The van der Waals surface area contributed by atoms with Crippen molar-refractivity contribution in [2.75, 3.05) is 5.32 Å².